The van der Waals surface area contributed by atoms with Crippen molar-refractivity contribution in [2.45, 2.75) is 44.6 Å². The van der Waals surface area contributed by atoms with Crippen LogP contribution in [0, 0.1) is 0 Å². The molecule has 2 aliphatic heterocycles. The number of aliphatic imine (C=N–C) groups is 1. The molecule has 0 aromatic heterocycles. The molecule has 3 rings (SSSR count). The van der Waals surface area contributed by atoms with Gasteiger partial charge in [0.15, 0.2) is 5.96 Å². The molecule has 0 radical (unpaired) electrons. The number of nitrogens with zero attached hydrogens (tertiary/aromatic N) is 3. The van der Waals surface area contributed by atoms with Crippen molar-refractivity contribution >= 4 is 35.8 Å². The number of guanidine groups is 1. The van der Waals surface area contributed by atoms with Crippen molar-refractivity contribution in [3.63, 3.8) is 0 Å². The molecule has 2 heterocycles. The zero-order chi connectivity index (χ0) is 21.9. The number of piperidine rings is 1. The highest BCUT2D eigenvalue weighted by Gasteiger charge is 2.27. The van der Waals surface area contributed by atoms with E-state index in [1.54, 1.807) is 7.05 Å². The summed E-state index contributed by atoms with van der Waals surface area (Å²) in [5, 5.41) is 6.80. The maximum atomic E-state index is 13.2. The molecule has 2 N–H and O–H groups in total. The molecule has 1 aromatic rings. The number of likely N-dealkylation sites (tertiary alicyclic amines) is 1. The smallest absolute Gasteiger partial charge is 0.232 e. The van der Waals surface area contributed by atoms with E-state index in [0.717, 1.165) is 31.0 Å². The fourth-order valence-electron chi connectivity index (χ4n) is 4.44. The quantitative estimate of drug-likeness (QED) is 0.223. The molecule has 32 heavy (non-hydrogen) atoms. The highest BCUT2D eigenvalue weighted by atomic mass is 127. The first-order valence-electron chi connectivity index (χ1n) is 11.8. The zero-order valence-electron chi connectivity index (χ0n) is 19.6. The summed E-state index contributed by atoms with van der Waals surface area (Å²) in [6.45, 7) is 8.60. The number of rotatable bonds is 8. The zero-order valence-corrected chi connectivity index (χ0v) is 21.9. The van der Waals surface area contributed by atoms with Gasteiger partial charge in [0, 0.05) is 45.8 Å². The first-order valence-corrected chi connectivity index (χ1v) is 11.8. The van der Waals surface area contributed by atoms with Gasteiger partial charge in [-0.1, -0.05) is 36.8 Å². The molecule has 0 spiro atoms. The molecular formula is C24H40IN5O2. The van der Waals surface area contributed by atoms with Crippen LogP contribution in [0.15, 0.2) is 35.3 Å². The van der Waals surface area contributed by atoms with Crippen LogP contribution in [-0.4, -0.2) is 87.2 Å². The van der Waals surface area contributed by atoms with Crippen molar-refractivity contribution in [2.75, 3.05) is 59.5 Å². The van der Waals surface area contributed by atoms with Gasteiger partial charge in [0.05, 0.1) is 19.1 Å². The highest BCUT2D eigenvalue weighted by Crippen LogP contribution is 2.19. The SMILES string of the molecule is CN=C(NCCCN1CCCCC1C)NCC(C(=O)N1CCOCC1)c1ccccc1.I. The molecule has 2 saturated heterocycles. The number of hydrogen-bond acceptors (Lipinski definition) is 4. The topological polar surface area (TPSA) is 69.2 Å². The van der Waals surface area contributed by atoms with E-state index in [-0.39, 0.29) is 35.8 Å². The Bertz CT molecular complexity index is 697. The average molecular weight is 558 g/mol. The number of amides is 1. The Morgan fingerprint density at radius 2 is 1.91 bits per heavy atom. The van der Waals surface area contributed by atoms with Crippen LogP contribution < -0.4 is 10.6 Å². The molecule has 1 amide bonds. The number of benzene rings is 1. The Morgan fingerprint density at radius 1 is 1.16 bits per heavy atom. The first-order chi connectivity index (χ1) is 15.2. The Labute approximate surface area is 210 Å². The van der Waals surface area contributed by atoms with Gasteiger partial charge in [0.1, 0.15) is 0 Å². The van der Waals surface area contributed by atoms with Gasteiger partial charge in [-0.15, -0.1) is 24.0 Å². The summed E-state index contributed by atoms with van der Waals surface area (Å²) >= 11 is 0. The van der Waals surface area contributed by atoms with Gasteiger partial charge in [0.25, 0.3) is 0 Å². The number of carbonyl (C=O) groups excluding carboxylic acids is 1. The van der Waals surface area contributed by atoms with Gasteiger partial charge in [0.2, 0.25) is 5.91 Å². The van der Waals surface area contributed by atoms with Crippen LogP contribution in [0.25, 0.3) is 0 Å². The minimum Gasteiger partial charge on any atom is -0.378 e. The van der Waals surface area contributed by atoms with Crippen LogP contribution in [0.3, 0.4) is 0 Å². The monoisotopic (exact) mass is 557 g/mol. The lowest BCUT2D eigenvalue weighted by Crippen LogP contribution is -2.47. The van der Waals surface area contributed by atoms with Crippen molar-refractivity contribution < 1.29 is 9.53 Å². The van der Waals surface area contributed by atoms with Crippen molar-refractivity contribution in [3.05, 3.63) is 35.9 Å². The summed E-state index contributed by atoms with van der Waals surface area (Å²) < 4.78 is 5.41. The fourth-order valence-corrected chi connectivity index (χ4v) is 4.44. The summed E-state index contributed by atoms with van der Waals surface area (Å²) in [7, 11) is 1.78. The standard InChI is InChI=1S/C24H39N5O2.HI/c1-20-9-6-7-13-28(20)14-8-12-26-24(25-2)27-19-22(21-10-4-3-5-11-21)23(30)29-15-17-31-18-16-29;/h3-5,10-11,20,22H,6-9,12-19H2,1-2H3,(H2,25,26,27);1H. The molecule has 8 heteroatoms. The van der Waals surface area contributed by atoms with Crippen LogP contribution in [-0.2, 0) is 9.53 Å². The molecule has 0 bridgehead atoms. The van der Waals surface area contributed by atoms with E-state index in [1.165, 1.54) is 25.8 Å². The van der Waals surface area contributed by atoms with E-state index in [0.29, 0.717) is 38.9 Å². The van der Waals surface area contributed by atoms with Gasteiger partial charge in [-0.25, -0.2) is 0 Å². The number of hydrogen-bond donors (Lipinski definition) is 2. The number of morpholine rings is 1. The summed E-state index contributed by atoms with van der Waals surface area (Å²) in [6.07, 6.45) is 5.08. The van der Waals surface area contributed by atoms with Gasteiger partial charge < -0.3 is 25.2 Å². The second-order valence-electron chi connectivity index (χ2n) is 8.52. The minimum atomic E-state index is -0.243. The van der Waals surface area contributed by atoms with Gasteiger partial charge in [-0.2, -0.15) is 0 Å². The normalized spacial score (nSPS) is 20.9. The van der Waals surface area contributed by atoms with E-state index in [4.69, 9.17) is 4.74 Å². The molecular weight excluding hydrogens is 517 g/mol. The highest BCUT2D eigenvalue weighted by molar-refractivity contribution is 14.0. The number of nitrogens with one attached hydrogen (secondary N) is 2. The van der Waals surface area contributed by atoms with Crippen molar-refractivity contribution in [2.24, 2.45) is 4.99 Å². The van der Waals surface area contributed by atoms with Gasteiger partial charge >= 0.3 is 0 Å². The molecule has 0 aliphatic carbocycles. The van der Waals surface area contributed by atoms with Crippen LogP contribution in [0.2, 0.25) is 0 Å². The lowest BCUT2D eigenvalue weighted by molar-refractivity contribution is -0.136. The molecule has 2 aliphatic rings. The van der Waals surface area contributed by atoms with E-state index >= 15 is 0 Å². The van der Waals surface area contributed by atoms with Crippen LogP contribution >= 0.6 is 24.0 Å². The Kier molecular flexibility index (Phi) is 12.3. The van der Waals surface area contributed by atoms with E-state index in [1.807, 2.05) is 35.2 Å². The third-order valence-electron chi connectivity index (χ3n) is 6.38. The summed E-state index contributed by atoms with van der Waals surface area (Å²) in [6, 6.07) is 10.7. The average Bonchev–Trinajstić information content (AvgIpc) is 2.82. The molecule has 2 unspecified atom stereocenters. The lowest BCUT2D eigenvalue weighted by atomic mass is 9.97. The van der Waals surface area contributed by atoms with Gasteiger partial charge in [-0.05, 0) is 38.3 Å². The Balaban J connectivity index is 0.00000363. The summed E-state index contributed by atoms with van der Waals surface area (Å²) in [4.78, 5) is 22.1. The number of halogens is 1. The Morgan fingerprint density at radius 3 is 2.59 bits per heavy atom. The van der Waals surface area contributed by atoms with Crippen molar-refractivity contribution in [3.8, 4) is 0 Å². The maximum absolute atomic E-state index is 13.2. The maximum Gasteiger partial charge on any atom is 0.232 e. The molecule has 1 aromatic carbocycles. The van der Waals surface area contributed by atoms with Gasteiger partial charge in [-0.3, -0.25) is 9.79 Å². The number of ether oxygens (including phenoxy) is 1. The molecule has 7 nitrogen and oxygen atoms in total. The van der Waals surface area contributed by atoms with Crippen molar-refractivity contribution in [1.29, 1.82) is 0 Å². The molecule has 0 saturated carbocycles. The third kappa shape index (κ3) is 8.19. The van der Waals surface area contributed by atoms with Crippen LogP contribution in [0.5, 0.6) is 0 Å². The molecule has 2 atom stereocenters. The molecule has 180 valence electrons. The van der Waals surface area contributed by atoms with Crippen molar-refractivity contribution in [1.82, 2.24) is 20.4 Å². The fraction of sp³-hybridized carbons (Fsp3) is 0.667. The predicted octanol–water partition coefficient (Wildman–Crippen LogP) is 2.68. The second-order valence-corrected chi connectivity index (χ2v) is 8.52. The number of carbonyl (C=O) groups is 1. The van der Waals surface area contributed by atoms with E-state index in [9.17, 15) is 4.79 Å². The van der Waals surface area contributed by atoms with Crippen LogP contribution in [0.4, 0.5) is 0 Å². The molecule has 2 fully saturated rings. The minimum absolute atomic E-state index is 0. The van der Waals surface area contributed by atoms with Crippen LogP contribution in [0.1, 0.15) is 44.1 Å². The van der Waals surface area contributed by atoms with E-state index in [2.05, 4.69) is 27.4 Å². The summed E-state index contributed by atoms with van der Waals surface area (Å²) in [5.41, 5.74) is 1.03. The van der Waals surface area contributed by atoms with E-state index < -0.39 is 0 Å². The first kappa shape index (κ1) is 26.9. The third-order valence-corrected chi connectivity index (χ3v) is 6.38. The second kappa shape index (κ2) is 14.7. The predicted molar refractivity (Wildman–Crippen MR) is 141 cm³/mol. The lowest BCUT2D eigenvalue weighted by Gasteiger charge is -2.33. The Hall–Kier alpha value is -1.39. The largest absolute Gasteiger partial charge is 0.378 e. The summed E-state index contributed by atoms with van der Waals surface area (Å²) in [5.74, 6) is 0.658.